The van der Waals surface area contributed by atoms with Gasteiger partial charge in [0.15, 0.2) is 5.75 Å². The Kier molecular flexibility index (Phi) is 3.26. The quantitative estimate of drug-likeness (QED) is 0.779. The summed E-state index contributed by atoms with van der Waals surface area (Å²) in [6, 6.07) is 2.99. The fourth-order valence-corrected chi connectivity index (χ4v) is 2.37. The number of carbonyl (C=O) groups excluding carboxylic acids is 2. The number of hydrogen-bond donors (Lipinski definition) is 0. The number of methoxy groups -OCH3 is 1. The molecule has 1 saturated heterocycles. The fraction of sp³-hybridized carbons (Fsp3) is 0.273. The molecule has 1 fully saturated rings. The Morgan fingerprint density at radius 1 is 1.12 bits per heavy atom. The van der Waals surface area contributed by atoms with Crippen molar-refractivity contribution >= 4 is 40.7 Å². The lowest BCUT2D eigenvalue weighted by molar-refractivity contribution is -0.121. The molecule has 2 amide bonds. The number of anilines is 1. The summed E-state index contributed by atoms with van der Waals surface area (Å²) >= 11 is 11.9. The summed E-state index contributed by atoms with van der Waals surface area (Å²) in [4.78, 5) is 24.2. The monoisotopic (exact) mass is 273 g/mol. The number of amides is 2. The highest BCUT2D eigenvalue weighted by molar-refractivity contribution is 6.38. The van der Waals surface area contributed by atoms with E-state index in [9.17, 15) is 9.59 Å². The van der Waals surface area contributed by atoms with E-state index in [1.54, 1.807) is 0 Å². The van der Waals surface area contributed by atoms with Gasteiger partial charge in [-0.1, -0.05) is 23.2 Å². The van der Waals surface area contributed by atoms with E-state index in [1.165, 1.54) is 19.2 Å². The Morgan fingerprint density at radius 2 is 1.59 bits per heavy atom. The standard InChI is InChI=1S/C11H9Cl2NO3/c1-17-11-7(12)4-6(5-8(11)13)14-9(15)2-3-10(14)16/h4-5H,2-3H2,1H3. The molecule has 1 aromatic carbocycles. The maximum absolute atomic E-state index is 11.5. The average Bonchev–Trinajstić information content (AvgIpc) is 2.58. The summed E-state index contributed by atoms with van der Waals surface area (Å²) in [5.74, 6) is -0.157. The average molecular weight is 274 g/mol. The first-order chi connectivity index (χ1) is 8.04. The lowest BCUT2D eigenvalue weighted by Crippen LogP contribution is -2.28. The first-order valence-corrected chi connectivity index (χ1v) is 5.69. The van der Waals surface area contributed by atoms with Crippen molar-refractivity contribution in [1.29, 1.82) is 0 Å². The minimum absolute atomic E-state index is 0.222. The Hall–Kier alpha value is -1.26. The van der Waals surface area contributed by atoms with Crippen LogP contribution >= 0.6 is 23.2 Å². The molecule has 1 aliphatic heterocycles. The van der Waals surface area contributed by atoms with Crippen LogP contribution in [0.2, 0.25) is 10.0 Å². The van der Waals surface area contributed by atoms with E-state index in [0.717, 1.165) is 4.90 Å². The van der Waals surface area contributed by atoms with Crippen LogP contribution in [0.5, 0.6) is 5.75 Å². The van der Waals surface area contributed by atoms with Gasteiger partial charge in [-0.05, 0) is 12.1 Å². The van der Waals surface area contributed by atoms with Gasteiger partial charge in [0.2, 0.25) is 11.8 Å². The molecule has 6 heteroatoms. The fourth-order valence-electron chi connectivity index (χ4n) is 1.74. The molecule has 0 saturated carbocycles. The molecule has 0 N–H and O–H groups in total. The molecule has 0 unspecified atom stereocenters. The Morgan fingerprint density at radius 3 is 2.00 bits per heavy atom. The Bertz CT molecular complexity index is 462. The SMILES string of the molecule is COc1c(Cl)cc(N2C(=O)CCC2=O)cc1Cl. The summed E-state index contributed by atoms with van der Waals surface area (Å²) in [6.07, 6.45) is 0.445. The third kappa shape index (κ3) is 2.10. The van der Waals surface area contributed by atoms with Gasteiger partial charge in [-0.3, -0.25) is 14.5 Å². The topological polar surface area (TPSA) is 46.6 Å². The van der Waals surface area contributed by atoms with Crippen molar-refractivity contribution in [3.05, 3.63) is 22.2 Å². The van der Waals surface area contributed by atoms with E-state index >= 15 is 0 Å². The number of carbonyl (C=O) groups is 2. The molecule has 1 aromatic rings. The van der Waals surface area contributed by atoms with Gasteiger partial charge in [0, 0.05) is 12.8 Å². The highest BCUT2D eigenvalue weighted by atomic mass is 35.5. The molecule has 0 spiro atoms. The van der Waals surface area contributed by atoms with Crippen molar-refractivity contribution in [2.75, 3.05) is 12.0 Å². The molecule has 4 nitrogen and oxygen atoms in total. The van der Waals surface area contributed by atoms with Crippen molar-refractivity contribution in [1.82, 2.24) is 0 Å². The van der Waals surface area contributed by atoms with E-state index in [1.807, 2.05) is 0 Å². The second kappa shape index (κ2) is 4.55. The highest BCUT2D eigenvalue weighted by Crippen LogP contribution is 2.38. The maximum atomic E-state index is 11.5. The first kappa shape index (κ1) is 12.2. The smallest absolute Gasteiger partial charge is 0.234 e. The van der Waals surface area contributed by atoms with Crippen LogP contribution in [0, 0.1) is 0 Å². The molecular formula is C11H9Cl2NO3. The number of rotatable bonds is 2. The molecule has 2 rings (SSSR count). The lowest BCUT2D eigenvalue weighted by atomic mass is 10.2. The Balaban J connectivity index is 2.47. The molecule has 1 aliphatic rings. The van der Waals surface area contributed by atoms with Gasteiger partial charge < -0.3 is 4.74 Å². The van der Waals surface area contributed by atoms with Crippen molar-refractivity contribution in [2.45, 2.75) is 12.8 Å². The van der Waals surface area contributed by atoms with Crippen LogP contribution < -0.4 is 9.64 Å². The zero-order valence-electron chi connectivity index (χ0n) is 9.00. The van der Waals surface area contributed by atoms with E-state index in [4.69, 9.17) is 27.9 Å². The molecule has 0 atom stereocenters. The number of halogens is 2. The van der Waals surface area contributed by atoms with Gasteiger partial charge in [-0.2, -0.15) is 0 Å². The maximum Gasteiger partial charge on any atom is 0.234 e. The summed E-state index contributed by atoms with van der Waals surface area (Å²) in [5.41, 5.74) is 0.383. The normalized spacial score (nSPS) is 15.6. The zero-order valence-corrected chi connectivity index (χ0v) is 10.5. The van der Waals surface area contributed by atoms with Crippen molar-refractivity contribution in [2.24, 2.45) is 0 Å². The van der Waals surface area contributed by atoms with Crippen LogP contribution in [0.4, 0.5) is 5.69 Å². The van der Waals surface area contributed by atoms with Gasteiger partial charge >= 0.3 is 0 Å². The van der Waals surface area contributed by atoms with Gasteiger partial charge in [-0.15, -0.1) is 0 Å². The molecule has 0 aliphatic carbocycles. The van der Waals surface area contributed by atoms with E-state index in [2.05, 4.69) is 0 Å². The molecular weight excluding hydrogens is 265 g/mol. The van der Waals surface area contributed by atoms with Crippen LogP contribution in [-0.4, -0.2) is 18.9 Å². The predicted molar refractivity (Wildman–Crippen MR) is 64.7 cm³/mol. The lowest BCUT2D eigenvalue weighted by Gasteiger charge is -2.16. The minimum Gasteiger partial charge on any atom is -0.494 e. The summed E-state index contributed by atoms with van der Waals surface area (Å²) in [7, 11) is 1.44. The summed E-state index contributed by atoms with van der Waals surface area (Å²) < 4.78 is 4.99. The number of nitrogens with zero attached hydrogens (tertiary/aromatic N) is 1. The van der Waals surface area contributed by atoms with Crippen molar-refractivity contribution < 1.29 is 14.3 Å². The van der Waals surface area contributed by atoms with Gasteiger partial charge in [0.05, 0.1) is 22.8 Å². The van der Waals surface area contributed by atoms with Crippen LogP contribution in [0.15, 0.2) is 12.1 Å². The van der Waals surface area contributed by atoms with Crippen molar-refractivity contribution in [3.63, 3.8) is 0 Å². The second-order valence-corrected chi connectivity index (χ2v) is 4.38. The van der Waals surface area contributed by atoms with E-state index in [0.29, 0.717) is 11.4 Å². The van der Waals surface area contributed by atoms with E-state index in [-0.39, 0.29) is 34.7 Å². The van der Waals surface area contributed by atoms with Crippen LogP contribution in [0.1, 0.15) is 12.8 Å². The summed E-state index contributed by atoms with van der Waals surface area (Å²) in [5, 5.41) is 0.532. The zero-order chi connectivity index (χ0) is 12.6. The van der Waals surface area contributed by atoms with Crippen LogP contribution in [-0.2, 0) is 9.59 Å². The molecule has 0 aromatic heterocycles. The first-order valence-electron chi connectivity index (χ1n) is 4.93. The van der Waals surface area contributed by atoms with Crippen LogP contribution in [0.3, 0.4) is 0 Å². The van der Waals surface area contributed by atoms with Gasteiger partial charge in [0.25, 0.3) is 0 Å². The Labute approximate surface area is 108 Å². The van der Waals surface area contributed by atoms with E-state index < -0.39 is 0 Å². The number of hydrogen-bond acceptors (Lipinski definition) is 3. The minimum atomic E-state index is -0.243. The second-order valence-electron chi connectivity index (χ2n) is 3.57. The van der Waals surface area contributed by atoms with Crippen LogP contribution in [0.25, 0.3) is 0 Å². The van der Waals surface area contributed by atoms with Gasteiger partial charge in [0.1, 0.15) is 0 Å². The molecule has 0 bridgehead atoms. The third-order valence-electron chi connectivity index (χ3n) is 2.50. The van der Waals surface area contributed by atoms with Crippen molar-refractivity contribution in [3.8, 4) is 5.75 Å². The largest absolute Gasteiger partial charge is 0.494 e. The molecule has 0 radical (unpaired) electrons. The molecule has 17 heavy (non-hydrogen) atoms. The predicted octanol–water partition coefficient (Wildman–Crippen LogP) is 2.66. The number of ether oxygens (including phenoxy) is 1. The number of imide groups is 1. The molecule has 1 heterocycles. The highest BCUT2D eigenvalue weighted by Gasteiger charge is 2.31. The number of benzene rings is 1. The third-order valence-corrected chi connectivity index (χ3v) is 3.06. The van der Waals surface area contributed by atoms with Gasteiger partial charge in [-0.25, -0.2) is 0 Å². The molecule has 90 valence electrons. The summed E-state index contributed by atoms with van der Waals surface area (Å²) in [6.45, 7) is 0.